The molecule has 0 amide bonds. The average molecular weight is 254 g/mol. The van der Waals surface area contributed by atoms with Gasteiger partial charge in [0.1, 0.15) is 10.8 Å². The van der Waals surface area contributed by atoms with Gasteiger partial charge >= 0.3 is 0 Å². The Balaban J connectivity index is 2.52. The highest BCUT2D eigenvalue weighted by molar-refractivity contribution is 7.09. The molecule has 1 heterocycles. The van der Waals surface area contributed by atoms with Crippen LogP contribution in [0.15, 0.2) is 5.38 Å². The van der Waals surface area contributed by atoms with Gasteiger partial charge in [0.05, 0.1) is 12.1 Å². The highest BCUT2D eigenvalue weighted by atomic mass is 32.1. The molecule has 96 valence electrons. The number of aromatic nitrogens is 1. The minimum Gasteiger partial charge on any atom is -0.328 e. The first-order valence-electron chi connectivity index (χ1n) is 6.01. The summed E-state index contributed by atoms with van der Waals surface area (Å²) in [7, 11) is 0. The van der Waals surface area contributed by atoms with Crippen molar-refractivity contribution in [2.24, 2.45) is 5.73 Å². The smallest absolute Gasteiger partial charge is 0.139 e. The summed E-state index contributed by atoms with van der Waals surface area (Å²) in [5.74, 6) is 0.233. The van der Waals surface area contributed by atoms with Crippen molar-refractivity contribution in [3.05, 3.63) is 16.1 Å². The molecule has 17 heavy (non-hydrogen) atoms. The molecule has 1 aromatic rings. The van der Waals surface area contributed by atoms with Gasteiger partial charge in [0.25, 0.3) is 0 Å². The van der Waals surface area contributed by atoms with Gasteiger partial charge in [-0.2, -0.15) is 0 Å². The van der Waals surface area contributed by atoms with E-state index >= 15 is 0 Å². The Morgan fingerprint density at radius 3 is 2.65 bits per heavy atom. The van der Waals surface area contributed by atoms with E-state index < -0.39 is 0 Å². The number of nitrogens with zero attached hydrogens (tertiary/aromatic N) is 1. The molecule has 0 fully saturated rings. The first kappa shape index (κ1) is 14.3. The molecule has 0 aliphatic heterocycles. The molecule has 1 atom stereocenters. The number of rotatable bonds is 5. The van der Waals surface area contributed by atoms with Crippen molar-refractivity contribution in [1.82, 2.24) is 4.98 Å². The maximum Gasteiger partial charge on any atom is 0.139 e. The number of Topliss-reactive ketones (excluding diaryl/α,β-unsaturated/α-hetero) is 1. The zero-order chi connectivity index (χ0) is 13.1. The van der Waals surface area contributed by atoms with Crippen LogP contribution in [0, 0.1) is 0 Å². The van der Waals surface area contributed by atoms with Gasteiger partial charge in [-0.05, 0) is 13.3 Å². The van der Waals surface area contributed by atoms with Crippen LogP contribution in [0.3, 0.4) is 0 Å². The van der Waals surface area contributed by atoms with Crippen molar-refractivity contribution in [3.63, 3.8) is 0 Å². The van der Waals surface area contributed by atoms with Crippen LogP contribution in [0.5, 0.6) is 0 Å². The zero-order valence-electron chi connectivity index (χ0n) is 11.1. The Morgan fingerprint density at radius 1 is 1.53 bits per heavy atom. The van der Waals surface area contributed by atoms with Crippen molar-refractivity contribution in [1.29, 1.82) is 0 Å². The fourth-order valence-electron chi connectivity index (χ4n) is 1.38. The van der Waals surface area contributed by atoms with E-state index in [4.69, 9.17) is 5.73 Å². The van der Waals surface area contributed by atoms with Gasteiger partial charge in [-0.1, -0.05) is 20.8 Å². The number of carbonyl (C=O) groups is 1. The molecule has 0 aliphatic rings. The van der Waals surface area contributed by atoms with Gasteiger partial charge in [0, 0.05) is 23.3 Å². The monoisotopic (exact) mass is 254 g/mol. The molecule has 0 aromatic carbocycles. The minimum atomic E-state index is 0.0591. The van der Waals surface area contributed by atoms with Crippen LogP contribution in [-0.4, -0.2) is 16.8 Å². The second kappa shape index (κ2) is 5.74. The van der Waals surface area contributed by atoms with E-state index in [1.54, 1.807) is 11.3 Å². The average Bonchev–Trinajstić information content (AvgIpc) is 2.62. The number of hydrogen-bond donors (Lipinski definition) is 1. The third-order valence-electron chi connectivity index (χ3n) is 2.55. The number of thiazole rings is 1. The summed E-state index contributed by atoms with van der Waals surface area (Å²) >= 11 is 1.58. The lowest BCUT2D eigenvalue weighted by Crippen LogP contribution is -2.17. The lowest BCUT2D eigenvalue weighted by atomic mass is 9.93. The lowest BCUT2D eigenvalue weighted by Gasteiger charge is -2.14. The van der Waals surface area contributed by atoms with Crippen LogP contribution in [-0.2, 0) is 16.6 Å². The SMILES string of the molecule is CC(N)CCC(=O)Cc1nc(C(C)(C)C)cs1. The summed E-state index contributed by atoms with van der Waals surface area (Å²) in [6.45, 7) is 8.31. The van der Waals surface area contributed by atoms with Crippen LogP contribution in [0.1, 0.15) is 51.2 Å². The molecule has 1 rings (SSSR count). The number of nitrogens with two attached hydrogens (primary N) is 1. The van der Waals surface area contributed by atoms with Gasteiger partial charge in [0.15, 0.2) is 0 Å². The van der Waals surface area contributed by atoms with Crippen LogP contribution >= 0.6 is 11.3 Å². The molecule has 0 bridgehead atoms. The Hall–Kier alpha value is -0.740. The van der Waals surface area contributed by atoms with E-state index in [2.05, 4.69) is 25.8 Å². The van der Waals surface area contributed by atoms with Crippen LogP contribution in [0.25, 0.3) is 0 Å². The molecule has 1 unspecified atom stereocenters. The number of ketones is 1. The molecule has 0 saturated carbocycles. The Morgan fingerprint density at radius 2 is 2.18 bits per heavy atom. The lowest BCUT2D eigenvalue weighted by molar-refractivity contribution is -0.118. The third-order valence-corrected chi connectivity index (χ3v) is 3.40. The van der Waals surface area contributed by atoms with Crippen LogP contribution in [0.4, 0.5) is 0 Å². The van der Waals surface area contributed by atoms with Crippen molar-refractivity contribution < 1.29 is 4.79 Å². The largest absolute Gasteiger partial charge is 0.328 e. The molecule has 0 radical (unpaired) electrons. The Labute approximate surface area is 107 Å². The van der Waals surface area contributed by atoms with E-state index in [-0.39, 0.29) is 17.2 Å². The predicted octanol–water partition coefficient (Wildman–Crippen LogP) is 2.68. The quantitative estimate of drug-likeness (QED) is 0.879. The molecular formula is C13H22N2OS. The van der Waals surface area contributed by atoms with Crippen molar-refractivity contribution in [2.75, 3.05) is 0 Å². The van der Waals surface area contributed by atoms with E-state index in [0.29, 0.717) is 12.8 Å². The van der Waals surface area contributed by atoms with Crippen molar-refractivity contribution >= 4 is 17.1 Å². The van der Waals surface area contributed by atoms with Crippen molar-refractivity contribution in [2.45, 2.75) is 58.4 Å². The maximum atomic E-state index is 11.7. The molecule has 0 aliphatic carbocycles. The van der Waals surface area contributed by atoms with Gasteiger partial charge in [-0.15, -0.1) is 11.3 Å². The van der Waals surface area contributed by atoms with Gasteiger partial charge in [0.2, 0.25) is 0 Å². The fourth-order valence-corrected chi connectivity index (χ4v) is 2.43. The number of carbonyl (C=O) groups excluding carboxylic acids is 1. The molecule has 3 nitrogen and oxygen atoms in total. The molecule has 4 heteroatoms. The fraction of sp³-hybridized carbons (Fsp3) is 0.692. The van der Waals surface area contributed by atoms with Crippen molar-refractivity contribution in [3.8, 4) is 0 Å². The predicted molar refractivity (Wildman–Crippen MR) is 72.4 cm³/mol. The van der Waals surface area contributed by atoms with E-state index in [1.165, 1.54) is 0 Å². The van der Waals surface area contributed by atoms with Gasteiger partial charge in [-0.3, -0.25) is 4.79 Å². The summed E-state index contributed by atoms with van der Waals surface area (Å²) in [4.78, 5) is 16.2. The summed E-state index contributed by atoms with van der Waals surface area (Å²) in [5.41, 5.74) is 6.76. The standard InChI is InChI=1S/C13H22N2OS/c1-9(14)5-6-10(16)7-12-15-11(8-17-12)13(2,3)4/h8-9H,5-7,14H2,1-4H3. The van der Waals surface area contributed by atoms with E-state index in [9.17, 15) is 4.79 Å². The topological polar surface area (TPSA) is 56.0 Å². The summed E-state index contributed by atoms with van der Waals surface area (Å²) in [6.07, 6.45) is 1.77. The normalized spacial score (nSPS) is 13.7. The maximum absolute atomic E-state index is 11.7. The molecule has 2 N–H and O–H groups in total. The van der Waals surface area contributed by atoms with Gasteiger partial charge < -0.3 is 5.73 Å². The third kappa shape index (κ3) is 4.96. The summed E-state index contributed by atoms with van der Waals surface area (Å²) in [5, 5.41) is 2.97. The molecule has 0 saturated heterocycles. The molecular weight excluding hydrogens is 232 g/mol. The second-order valence-electron chi connectivity index (χ2n) is 5.61. The van der Waals surface area contributed by atoms with Crippen LogP contribution < -0.4 is 5.73 Å². The Kier molecular flexibility index (Phi) is 4.83. The molecule has 1 aromatic heterocycles. The first-order valence-corrected chi connectivity index (χ1v) is 6.89. The van der Waals surface area contributed by atoms with E-state index in [1.807, 2.05) is 12.3 Å². The second-order valence-corrected chi connectivity index (χ2v) is 6.55. The van der Waals surface area contributed by atoms with Gasteiger partial charge in [-0.25, -0.2) is 4.98 Å². The summed E-state index contributed by atoms with van der Waals surface area (Å²) < 4.78 is 0. The van der Waals surface area contributed by atoms with E-state index in [0.717, 1.165) is 17.1 Å². The highest BCUT2D eigenvalue weighted by Gasteiger charge is 2.18. The molecule has 0 spiro atoms. The highest BCUT2D eigenvalue weighted by Crippen LogP contribution is 2.24. The Bertz CT molecular complexity index is 377. The zero-order valence-corrected chi connectivity index (χ0v) is 11.9. The first-order chi connectivity index (χ1) is 7.79. The summed E-state index contributed by atoms with van der Waals surface area (Å²) in [6, 6.07) is 0.0976. The number of hydrogen-bond acceptors (Lipinski definition) is 4. The van der Waals surface area contributed by atoms with Crippen LogP contribution in [0.2, 0.25) is 0 Å². The minimum absolute atomic E-state index is 0.0591.